The molecular weight excluding hydrogens is 290 g/mol. The third kappa shape index (κ3) is 3.14. The van der Waals surface area contributed by atoms with Crippen LogP contribution >= 0.6 is 0 Å². The summed E-state index contributed by atoms with van der Waals surface area (Å²) in [5.41, 5.74) is 0.706. The quantitative estimate of drug-likeness (QED) is 0.871. The fraction of sp³-hybridized carbons (Fsp3) is 0.500. The maximum absolute atomic E-state index is 12.6. The van der Waals surface area contributed by atoms with E-state index in [1.165, 1.54) is 6.20 Å². The standard InChI is InChI=1S/C18H23N3O2/c1-13(2)15-8-5-10-20(15)18(23)9-11-21-16-7-4-3-6-14(16)17(22)12-19-21/h3-4,6-7,12-13,15H,5,8-11H2,1-2H3/t15-/m1/s1. The third-order valence-electron chi connectivity index (χ3n) is 4.69. The van der Waals surface area contributed by atoms with E-state index in [4.69, 9.17) is 0 Å². The zero-order valence-corrected chi connectivity index (χ0v) is 13.7. The summed E-state index contributed by atoms with van der Waals surface area (Å²) < 4.78 is 1.76. The van der Waals surface area contributed by atoms with Gasteiger partial charge < -0.3 is 4.90 Å². The lowest BCUT2D eigenvalue weighted by Crippen LogP contribution is -2.38. The van der Waals surface area contributed by atoms with Crippen molar-refractivity contribution >= 4 is 16.8 Å². The van der Waals surface area contributed by atoms with E-state index in [0.29, 0.717) is 30.3 Å². The van der Waals surface area contributed by atoms with Crippen molar-refractivity contribution in [2.24, 2.45) is 5.92 Å². The van der Waals surface area contributed by atoms with Crippen LogP contribution in [0.5, 0.6) is 0 Å². The molecule has 23 heavy (non-hydrogen) atoms. The van der Waals surface area contributed by atoms with Crippen molar-refractivity contribution in [2.75, 3.05) is 6.54 Å². The molecule has 5 heteroatoms. The Bertz CT molecular complexity index is 766. The van der Waals surface area contributed by atoms with E-state index in [9.17, 15) is 9.59 Å². The molecule has 1 fully saturated rings. The number of likely N-dealkylation sites (tertiary alicyclic amines) is 1. The topological polar surface area (TPSA) is 55.2 Å². The van der Waals surface area contributed by atoms with Crippen LogP contribution in [0.15, 0.2) is 35.3 Å². The van der Waals surface area contributed by atoms with Crippen LogP contribution in [0.4, 0.5) is 0 Å². The van der Waals surface area contributed by atoms with Gasteiger partial charge in [-0.2, -0.15) is 5.10 Å². The first kappa shape index (κ1) is 15.7. The Morgan fingerprint density at radius 1 is 1.35 bits per heavy atom. The van der Waals surface area contributed by atoms with Crippen LogP contribution in [0.25, 0.3) is 10.9 Å². The first-order valence-electron chi connectivity index (χ1n) is 8.32. The van der Waals surface area contributed by atoms with Crippen LogP contribution in [0, 0.1) is 5.92 Å². The lowest BCUT2D eigenvalue weighted by molar-refractivity contribution is -0.133. The molecule has 1 aliphatic rings. The number of nitrogens with zero attached hydrogens (tertiary/aromatic N) is 3. The molecule has 122 valence electrons. The van der Waals surface area contributed by atoms with Crippen LogP contribution in [0.2, 0.25) is 0 Å². The summed E-state index contributed by atoms with van der Waals surface area (Å²) in [5, 5.41) is 4.84. The molecule has 0 unspecified atom stereocenters. The highest BCUT2D eigenvalue weighted by atomic mass is 16.2. The number of aryl methyl sites for hydroxylation is 1. The number of amides is 1. The first-order valence-corrected chi connectivity index (χ1v) is 8.32. The summed E-state index contributed by atoms with van der Waals surface area (Å²) in [6.45, 7) is 5.71. The Hall–Kier alpha value is -2.17. The summed E-state index contributed by atoms with van der Waals surface area (Å²) in [6, 6.07) is 7.77. The van der Waals surface area contributed by atoms with Gasteiger partial charge >= 0.3 is 0 Å². The molecule has 1 aromatic heterocycles. The summed E-state index contributed by atoms with van der Waals surface area (Å²) >= 11 is 0. The second kappa shape index (κ2) is 6.52. The predicted octanol–water partition coefficient (Wildman–Crippen LogP) is 2.43. The number of benzene rings is 1. The minimum Gasteiger partial charge on any atom is -0.339 e. The Morgan fingerprint density at radius 2 is 2.13 bits per heavy atom. The maximum Gasteiger partial charge on any atom is 0.224 e. The van der Waals surface area contributed by atoms with Gasteiger partial charge in [0.15, 0.2) is 0 Å². The number of carbonyl (C=O) groups excluding carboxylic acids is 1. The Kier molecular flexibility index (Phi) is 4.46. The van der Waals surface area contributed by atoms with Gasteiger partial charge in [-0.1, -0.05) is 26.0 Å². The number of hydrogen-bond donors (Lipinski definition) is 0. The summed E-state index contributed by atoms with van der Waals surface area (Å²) in [4.78, 5) is 26.4. The largest absolute Gasteiger partial charge is 0.339 e. The van der Waals surface area contributed by atoms with Crippen molar-refractivity contribution in [2.45, 2.75) is 45.7 Å². The number of fused-ring (bicyclic) bond motifs is 1. The van der Waals surface area contributed by atoms with Gasteiger partial charge in [0.1, 0.15) is 0 Å². The van der Waals surface area contributed by atoms with E-state index in [0.717, 1.165) is 24.9 Å². The molecule has 1 atom stereocenters. The number of hydrogen-bond acceptors (Lipinski definition) is 3. The van der Waals surface area contributed by atoms with E-state index >= 15 is 0 Å². The van der Waals surface area contributed by atoms with E-state index in [-0.39, 0.29) is 11.3 Å². The fourth-order valence-corrected chi connectivity index (χ4v) is 3.48. The molecule has 1 amide bonds. The van der Waals surface area contributed by atoms with E-state index in [1.54, 1.807) is 10.7 Å². The third-order valence-corrected chi connectivity index (χ3v) is 4.69. The lowest BCUT2D eigenvalue weighted by atomic mass is 10.0. The Morgan fingerprint density at radius 3 is 2.91 bits per heavy atom. The van der Waals surface area contributed by atoms with Crippen LogP contribution in [0.1, 0.15) is 33.1 Å². The minimum absolute atomic E-state index is 0.0809. The Balaban J connectivity index is 1.75. The van der Waals surface area contributed by atoms with Crippen LogP contribution < -0.4 is 5.43 Å². The van der Waals surface area contributed by atoms with E-state index in [2.05, 4.69) is 18.9 Å². The highest BCUT2D eigenvalue weighted by Crippen LogP contribution is 2.24. The van der Waals surface area contributed by atoms with Crippen LogP contribution in [0.3, 0.4) is 0 Å². The van der Waals surface area contributed by atoms with E-state index < -0.39 is 0 Å². The normalized spacial score (nSPS) is 18.0. The smallest absolute Gasteiger partial charge is 0.224 e. The second-order valence-corrected chi connectivity index (χ2v) is 6.54. The molecule has 0 radical (unpaired) electrons. The SMILES string of the molecule is CC(C)[C@H]1CCCN1C(=O)CCn1ncc(=O)c2ccccc21. The highest BCUT2D eigenvalue weighted by Gasteiger charge is 2.30. The van der Waals surface area contributed by atoms with Crippen molar-refractivity contribution in [3.63, 3.8) is 0 Å². The zero-order chi connectivity index (χ0) is 16.4. The van der Waals surface area contributed by atoms with Crippen molar-refractivity contribution in [1.82, 2.24) is 14.7 Å². The van der Waals surface area contributed by atoms with Crippen molar-refractivity contribution in [3.05, 3.63) is 40.7 Å². The molecule has 2 heterocycles. The molecule has 1 saturated heterocycles. The highest BCUT2D eigenvalue weighted by molar-refractivity contribution is 5.79. The summed E-state index contributed by atoms with van der Waals surface area (Å²) in [6.07, 6.45) is 3.94. The van der Waals surface area contributed by atoms with Gasteiger partial charge in [-0.3, -0.25) is 14.3 Å². The van der Waals surface area contributed by atoms with Gasteiger partial charge in [0.25, 0.3) is 0 Å². The number of carbonyl (C=O) groups is 1. The first-order chi connectivity index (χ1) is 11.1. The number of aromatic nitrogens is 2. The average molecular weight is 313 g/mol. The molecule has 0 aliphatic carbocycles. The van der Waals surface area contributed by atoms with Crippen molar-refractivity contribution in [1.29, 1.82) is 0 Å². The van der Waals surface area contributed by atoms with Crippen molar-refractivity contribution in [3.8, 4) is 0 Å². The number of rotatable bonds is 4. The van der Waals surface area contributed by atoms with Gasteiger partial charge in [-0.05, 0) is 30.9 Å². The Labute approximate surface area is 135 Å². The number of para-hydroxylation sites is 1. The van der Waals surface area contributed by atoms with Gasteiger partial charge in [-0.15, -0.1) is 0 Å². The molecule has 1 aliphatic heterocycles. The van der Waals surface area contributed by atoms with Gasteiger partial charge in [0.05, 0.1) is 18.3 Å². The van der Waals surface area contributed by atoms with Crippen LogP contribution in [-0.4, -0.2) is 33.2 Å². The van der Waals surface area contributed by atoms with Gasteiger partial charge in [-0.25, -0.2) is 0 Å². The molecule has 2 aromatic rings. The second-order valence-electron chi connectivity index (χ2n) is 6.54. The molecule has 0 bridgehead atoms. The monoisotopic (exact) mass is 313 g/mol. The van der Waals surface area contributed by atoms with Crippen molar-refractivity contribution < 1.29 is 4.79 Å². The molecule has 1 aromatic carbocycles. The minimum atomic E-state index is -0.0809. The van der Waals surface area contributed by atoms with Gasteiger partial charge in [0, 0.05) is 24.4 Å². The molecule has 0 N–H and O–H groups in total. The maximum atomic E-state index is 12.6. The van der Waals surface area contributed by atoms with Crippen LogP contribution in [-0.2, 0) is 11.3 Å². The van der Waals surface area contributed by atoms with E-state index in [1.807, 2.05) is 23.1 Å². The lowest BCUT2D eigenvalue weighted by Gasteiger charge is -2.27. The molecule has 0 saturated carbocycles. The van der Waals surface area contributed by atoms with Gasteiger partial charge in [0.2, 0.25) is 11.3 Å². The molecular formula is C18H23N3O2. The molecule has 5 nitrogen and oxygen atoms in total. The molecule has 3 rings (SSSR count). The average Bonchev–Trinajstić information content (AvgIpc) is 3.04. The zero-order valence-electron chi connectivity index (χ0n) is 13.7. The predicted molar refractivity (Wildman–Crippen MR) is 90.2 cm³/mol. The molecule has 0 spiro atoms. The summed E-state index contributed by atoms with van der Waals surface area (Å²) in [5.74, 6) is 0.679. The summed E-state index contributed by atoms with van der Waals surface area (Å²) in [7, 11) is 0. The fourth-order valence-electron chi connectivity index (χ4n) is 3.48.